The third kappa shape index (κ3) is 3.95. The predicted molar refractivity (Wildman–Crippen MR) is 85.4 cm³/mol. The molecule has 1 amide bonds. The average Bonchev–Trinajstić information content (AvgIpc) is 2.84. The van der Waals surface area contributed by atoms with Gasteiger partial charge in [-0.05, 0) is 42.8 Å². The standard InChI is InChI=1S/C14H18BrN5O/c1-8(14(2,3)7-17)20-12(10(5-16)13(18)21)11-4-9(15)6-19-11/h4-6,8,19H,16H2,1-3H3,(H2,18,21). The number of amides is 1. The second kappa shape index (κ2) is 6.59. The summed E-state index contributed by atoms with van der Waals surface area (Å²) in [4.78, 5) is 19.0. The molecule has 7 heteroatoms. The lowest BCUT2D eigenvalue weighted by molar-refractivity contribution is -0.114. The Morgan fingerprint density at radius 2 is 2.24 bits per heavy atom. The van der Waals surface area contributed by atoms with E-state index in [9.17, 15) is 10.1 Å². The quantitative estimate of drug-likeness (QED) is 0.554. The molecule has 0 spiro atoms. The van der Waals surface area contributed by atoms with Crippen LogP contribution in [0.25, 0.3) is 0 Å². The van der Waals surface area contributed by atoms with Crippen molar-refractivity contribution in [2.45, 2.75) is 26.8 Å². The highest BCUT2D eigenvalue weighted by Crippen LogP contribution is 2.24. The van der Waals surface area contributed by atoms with E-state index < -0.39 is 11.3 Å². The third-order valence-electron chi connectivity index (χ3n) is 3.25. The number of primary amides is 1. The number of aliphatic imine (C=N–C) groups is 1. The Hall–Kier alpha value is -2.07. The Labute approximate surface area is 132 Å². The molecule has 0 fully saturated rings. The van der Waals surface area contributed by atoms with Crippen molar-refractivity contribution in [3.05, 3.63) is 34.2 Å². The number of aromatic nitrogens is 1. The number of nitrogens with one attached hydrogen (secondary N) is 1. The molecule has 1 unspecified atom stereocenters. The van der Waals surface area contributed by atoms with Gasteiger partial charge in [0.05, 0.1) is 34.5 Å². The summed E-state index contributed by atoms with van der Waals surface area (Å²) < 4.78 is 0.804. The van der Waals surface area contributed by atoms with Gasteiger partial charge in [0.1, 0.15) is 0 Å². The summed E-state index contributed by atoms with van der Waals surface area (Å²) >= 11 is 3.32. The van der Waals surface area contributed by atoms with Crippen molar-refractivity contribution in [1.29, 1.82) is 5.26 Å². The Morgan fingerprint density at radius 3 is 2.62 bits per heavy atom. The summed E-state index contributed by atoms with van der Waals surface area (Å²) in [5.74, 6) is -0.677. The van der Waals surface area contributed by atoms with E-state index in [1.807, 2.05) is 0 Å². The molecule has 0 saturated carbocycles. The summed E-state index contributed by atoms with van der Waals surface area (Å²) in [6.45, 7) is 5.36. The molecule has 0 aliphatic carbocycles. The smallest absolute Gasteiger partial charge is 0.252 e. The molecule has 0 aliphatic heterocycles. The van der Waals surface area contributed by atoms with E-state index in [0.29, 0.717) is 11.4 Å². The summed E-state index contributed by atoms with van der Waals surface area (Å²) in [5.41, 5.74) is 11.2. The van der Waals surface area contributed by atoms with Gasteiger partial charge in [0.2, 0.25) is 0 Å². The summed E-state index contributed by atoms with van der Waals surface area (Å²) in [6, 6.07) is 3.60. The fourth-order valence-electron chi connectivity index (χ4n) is 1.52. The Balaban J connectivity index is 3.40. The van der Waals surface area contributed by atoms with Crippen LogP contribution in [0.1, 0.15) is 26.5 Å². The molecule has 0 radical (unpaired) electrons. The normalized spacial score (nSPS) is 14.6. The molecule has 0 aromatic carbocycles. The first-order valence-electron chi connectivity index (χ1n) is 6.28. The Morgan fingerprint density at radius 1 is 1.62 bits per heavy atom. The van der Waals surface area contributed by atoms with Crippen LogP contribution in [0.2, 0.25) is 0 Å². The van der Waals surface area contributed by atoms with Gasteiger partial charge in [0.15, 0.2) is 0 Å². The Bertz CT molecular complexity index is 636. The van der Waals surface area contributed by atoms with Crippen molar-refractivity contribution in [2.24, 2.45) is 21.9 Å². The van der Waals surface area contributed by atoms with Gasteiger partial charge in [-0.25, -0.2) is 0 Å². The second-order valence-electron chi connectivity index (χ2n) is 5.16. The van der Waals surface area contributed by atoms with E-state index in [1.165, 1.54) is 0 Å². The minimum Gasteiger partial charge on any atom is -0.404 e. The number of hydrogen-bond donors (Lipinski definition) is 3. The number of aromatic amines is 1. The molecule has 112 valence electrons. The second-order valence-corrected chi connectivity index (χ2v) is 6.08. The van der Waals surface area contributed by atoms with Crippen molar-refractivity contribution in [1.82, 2.24) is 4.98 Å². The molecule has 1 atom stereocenters. The van der Waals surface area contributed by atoms with E-state index >= 15 is 0 Å². The van der Waals surface area contributed by atoms with Crippen molar-refractivity contribution in [3.8, 4) is 6.07 Å². The maximum Gasteiger partial charge on any atom is 0.252 e. The summed E-state index contributed by atoms with van der Waals surface area (Å²) in [6.07, 6.45) is 2.84. The highest BCUT2D eigenvalue weighted by atomic mass is 79.9. The molecule has 21 heavy (non-hydrogen) atoms. The van der Waals surface area contributed by atoms with E-state index in [0.717, 1.165) is 10.7 Å². The van der Waals surface area contributed by atoms with Gasteiger partial charge in [0.25, 0.3) is 5.91 Å². The number of halogens is 1. The lowest BCUT2D eigenvalue weighted by atomic mass is 9.87. The molecule has 0 saturated heterocycles. The number of nitrogens with two attached hydrogens (primary N) is 2. The number of carbonyl (C=O) groups excluding carboxylic acids is 1. The zero-order valence-electron chi connectivity index (χ0n) is 12.1. The monoisotopic (exact) mass is 351 g/mol. The molecular weight excluding hydrogens is 334 g/mol. The third-order valence-corrected chi connectivity index (χ3v) is 3.70. The van der Waals surface area contributed by atoms with Gasteiger partial charge < -0.3 is 16.5 Å². The Kier molecular flexibility index (Phi) is 5.33. The molecule has 1 rings (SSSR count). The van der Waals surface area contributed by atoms with Gasteiger partial charge in [-0.3, -0.25) is 9.79 Å². The van der Waals surface area contributed by atoms with Crippen LogP contribution in [-0.2, 0) is 4.79 Å². The van der Waals surface area contributed by atoms with Gasteiger partial charge in [-0.15, -0.1) is 0 Å². The first kappa shape index (κ1) is 17.0. The van der Waals surface area contributed by atoms with Gasteiger partial charge in [-0.2, -0.15) is 5.26 Å². The maximum absolute atomic E-state index is 11.6. The zero-order valence-corrected chi connectivity index (χ0v) is 13.7. The van der Waals surface area contributed by atoms with E-state index in [1.54, 1.807) is 33.0 Å². The lowest BCUT2D eigenvalue weighted by Crippen LogP contribution is -2.28. The SMILES string of the molecule is CC(N=C(C(=CN)C(N)=O)c1cc(Br)c[nH]1)C(C)(C)C#N. The lowest BCUT2D eigenvalue weighted by Gasteiger charge is -2.22. The van der Waals surface area contributed by atoms with Crippen LogP contribution >= 0.6 is 15.9 Å². The van der Waals surface area contributed by atoms with E-state index in [-0.39, 0.29) is 11.6 Å². The first-order chi connectivity index (χ1) is 9.72. The van der Waals surface area contributed by atoms with Crippen molar-refractivity contribution < 1.29 is 4.79 Å². The van der Waals surface area contributed by atoms with Crippen LogP contribution in [0.3, 0.4) is 0 Å². The highest BCUT2D eigenvalue weighted by Gasteiger charge is 2.27. The highest BCUT2D eigenvalue weighted by molar-refractivity contribution is 9.10. The van der Waals surface area contributed by atoms with Crippen LogP contribution in [0.5, 0.6) is 0 Å². The first-order valence-corrected chi connectivity index (χ1v) is 7.07. The van der Waals surface area contributed by atoms with Gasteiger partial charge in [-0.1, -0.05) is 0 Å². The molecule has 0 bridgehead atoms. The number of nitriles is 1. The minimum absolute atomic E-state index is 0.102. The number of carbonyl (C=O) groups is 1. The number of H-pyrrole nitrogens is 1. The molecule has 1 aromatic heterocycles. The van der Waals surface area contributed by atoms with Gasteiger partial charge >= 0.3 is 0 Å². The van der Waals surface area contributed by atoms with Crippen molar-refractivity contribution in [2.75, 3.05) is 0 Å². The maximum atomic E-state index is 11.6. The van der Waals surface area contributed by atoms with E-state index in [2.05, 4.69) is 32.0 Å². The van der Waals surface area contributed by atoms with E-state index in [4.69, 9.17) is 11.5 Å². The minimum atomic E-state index is -0.688. The average molecular weight is 352 g/mol. The molecule has 5 N–H and O–H groups in total. The van der Waals surface area contributed by atoms with Crippen LogP contribution in [-0.4, -0.2) is 22.6 Å². The van der Waals surface area contributed by atoms with Crippen LogP contribution in [0.15, 0.2) is 33.5 Å². The molecule has 0 aliphatic rings. The predicted octanol–water partition coefficient (Wildman–Crippen LogP) is 1.83. The van der Waals surface area contributed by atoms with Gasteiger partial charge in [0, 0.05) is 16.9 Å². The molecule has 1 heterocycles. The van der Waals surface area contributed by atoms with Crippen LogP contribution in [0.4, 0.5) is 0 Å². The van der Waals surface area contributed by atoms with Crippen LogP contribution < -0.4 is 11.5 Å². The fraction of sp³-hybridized carbons (Fsp3) is 0.357. The molecule has 1 aromatic rings. The summed E-state index contributed by atoms with van der Waals surface area (Å²) in [7, 11) is 0. The largest absolute Gasteiger partial charge is 0.404 e. The topological polar surface area (TPSA) is 121 Å². The molecule has 6 nitrogen and oxygen atoms in total. The molecular formula is C14H18BrN5O. The summed E-state index contributed by atoms with van der Waals surface area (Å²) in [5, 5.41) is 9.19. The number of rotatable bonds is 5. The van der Waals surface area contributed by atoms with Crippen molar-refractivity contribution >= 4 is 27.5 Å². The number of hydrogen-bond acceptors (Lipinski definition) is 4. The number of nitrogens with zero attached hydrogens (tertiary/aromatic N) is 2. The van der Waals surface area contributed by atoms with Crippen molar-refractivity contribution in [3.63, 3.8) is 0 Å². The van der Waals surface area contributed by atoms with Crippen LogP contribution in [0, 0.1) is 16.7 Å². The fourth-order valence-corrected chi connectivity index (χ4v) is 1.86. The zero-order chi connectivity index (χ0) is 16.2.